The molecular formula is C48H47BN2O. The number of hydrogen-bond donors (Lipinski definition) is 0. The average molecular weight is 689 g/mol. The molecule has 7 aromatic rings. The van der Waals surface area contributed by atoms with Gasteiger partial charge in [0.15, 0.2) is 0 Å². The summed E-state index contributed by atoms with van der Waals surface area (Å²) in [5.74, 6) is 0.246. The minimum absolute atomic E-state index is 0.00723. The van der Waals surface area contributed by atoms with Gasteiger partial charge in [-0.15, -0.1) is 0 Å². The van der Waals surface area contributed by atoms with E-state index in [0.29, 0.717) is 22.4 Å². The van der Waals surface area contributed by atoms with Gasteiger partial charge in [0.25, 0.3) is 6.71 Å². The lowest BCUT2D eigenvalue weighted by atomic mass is 9.33. The predicted octanol–water partition coefficient (Wildman–Crippen LogP) is 11.1. The first-order chi connectivity index (χ1) is 28.9. The molecule has 2 aliphatic rings. The molecule has 258 valence electrons. The maximum absolute atomic E-state index is 10.1. The van der Waals surface area contributed by atoms with Crippen LogP contribution in [0.15, 0.2) is 121 Å². The van der Waals surface area contributed by atoms with Gasteiger partial charge in [-0.25, -0.2) is 0 Å². The van der Waals surface area contributed by atoms with Gasteiger partial charge in [-0.2, -0.15) is 0 Å². The Balaban J connectivity index is 1.53. The van der Waals surface area contributed by atoms with Gasteiger partial charge in [-0.1, -0.05) is 135 Å². The Kier molecular flexibility index (Phi) is 5.01. The molecule has 4 heteroatoms. The van der Waals surface area contributed by atoms with Gasteiger partial charge in [0.2, 0.25) is 0 Å². The number of anilines is 3. The van der Waals surface area contributed by atoms with E-state index < -0.39 is 23.0 Å². The summed E-state index contributed by atoms with van der Waals surface area (Å²) >= 11 is 0. The quantitative estimate of drug-likeness (QED) is 0.168. The van der Waals surface area contributed by atoms with Crippen molar-refractivity contribution in [2.75, 3.05) is 4.90 Å². The second-order valence-electron chi connectivity index (χ2n) is 17.1. The lowest BCUT2D eigenvalue weighted by Crippen LogP contribution is -2.60. The van der Waals surface area contributed by atoms with Crippen molar-refractivity contribution in [1.82, 2.24) is 4.57 Å². The monoisotopic (exact) mass is 688 g/mol. The highest BCUT2D eigenvalue weighted by Gasteiger charge is 2.43. The van der Waals surface area contributed by atoms with Crippen molar-refractivity contribution in [2.45, 2.75) is 78.6 Å². The summed E-state index contributed by atoms with van der Waals surface area (Å²) in [5.41, 5.74) is 1.95. The Morgan fingerprint density at radius 3 is 1.67 bits per heavy atom. The molecule has 0 unspecified atom stereocenters. The number of nitrogens with zero attached hydrogens (tertiary/aromatic N) is 2. The van der Waals surface area contributed by atoms with Crippen LogP contribution >= 0.6 is 0 Å². The molecule has 0 spiro atoms. The van der Waals surface area contributed by atoms with Gasteiger partial charge in [0.1, 0.15) is 11.5 Å². The Morgan fingerprint density at radius 2 is 1.08 bits per heavy atom. The first kappa shape index (κ1) is 23.4. The van der Waals surface area contributed by atoms with E-state index in [0.717, 1.165) is 21.8 Å². The van der Waals surface area contributed by atoms with E-state index in [2.05, 4.69) is 4.57 Å². The third kappa shape index (κ3) is 5.02. The maximum atomic E-state index is 10.1. The van der Waals surface area contributed by atoms with Crippen molar-refractivity contribution in [1.29, 1.82) is 0 Å². The molecule has 6 aromatic carbocycles. The molecule has 0 atom stereocenters. The van der Waals surface area contributed by atoms with E-state index >= 15 is 0 Å². The molecule has 9 rings (SSSR count). The summed E-state index contributed by atoms with van der Waals surface area (Å²) in [6, 6.07) is 17.5. The lowest BCUT2D eigenvalue weighted by Gasteiger charge is -2.41. The van der Waals surface area contributed by atoms with Crippen molar-refractivity contribution < 1.29 is 18.4 Å². The van der Waals surface area contributed by atoms with Crippen LogP contribution in [0.1, 0.15) is 92.7 Å². The molecule has 52 heavy (non-hydrogen) atoms. The molecule has 3 heterocycles. The number of hydrogen-bond acceptors (Lipinski definition) is 2. The van der Waals surface area contributed by atoms with E-state index in [4.69, 9.17) is 4.74 Å². The molecule has 1 aromatic heterocycles. The van der Waals surface area contributed by atoms with Crippen LogP contribution < -0.4 is 26.0 Å². The summed E-state index contributed by atoms with van der Waals surface area (Å²) in [7, 11) is 0. The Labute approximate surface area is 323 Å². The van der Waals surface area contributed by atoms with E-state index in [9.17, 15) is 13.7 Å². The fourth-order valence-electron chi connectivity index (χ4n) is 7.42. The smallest absolute Gasteiger partial charge is 0.256 e. The third-order valence-corrected chi connectivity index (χ3v) is 10.2. The van der Waals surface area contributed by atoms with Crippen LogP contribution in [-0.4, -0.2) is 11.3 Å². The zero-order valence-corrected chi connectivity index (χ0v) is 31.2. The van der Waals surface area contributed by atoms with Crippen LogP contribution in [0.3, 0.4) is 0 Å². The maximum Gasteiger partial charge on any atom is 0.256 e. The van der Waals surface area contributed by atoms with Crippen LogP contribution in [0.4, 0.5) is 17.1 Å². The van der Waals surface area contributed by atoms with Gasteiger partial charge in [-0.05, 0) is 91.7 Å². The topological polar surface area (TPSA) is 17.4 Å². The molecule has 2 aliphatic heterocycles. The van der Waals surface area contributed by atoms with Gasteiger partial charge in [0, 0.05) is 33.9 Å². The van der Waals surface area contributed by atoms with Gasteiger partial charge < -0.3 is 14.2 Å². The zero-order chi connectivity index (χ0) is 45.0. The molecule has 0 saturated carbocycles. The highest BCUT2D eigenvalue weighted by molar-refractivity contribution is 6.99. The van der Waals surface area contributed by atoms with Crippen LogP contribution in [0.5, 0.6) is 11.5 Å². The predicted molar refractivity (Wildman–Crippen MR) is 223 cm³/mol. The van der Waals surface area contributed by atoms with Gasteiger partial charge in [-0.3, -0.25) is 0 Å². The highest BCUT2D eigenvalue weighted by Crippen LogP contribution is 2.44. The van der Waals surface area contributed by atoms with Crippen molar-refractivity contribution in [3.8, 4) is 17.2 Å². The second-order valence-corrected chi connectivity index (χ2v) is 17.1. The second kappa shape index (κ2) is 11.1. The van der Waals surface area contributed by atoms with Crippen LogP contribution in [0.2, 0.25) is 0 Å². The van der Waals surface area contributed by atoms with Crippen molar-refractivity contribution >= 4 is 62.0 Å². The van der Waals surface area contributed by atoms with Crippen LogP contribution in [0.25, 0.3) is 27.5 Å². The summed E-state index contributed by atoms with van der Waals surface area (Å²) in [6.45, 7) is 15.7. The minimum Gasteiger partial charge on any atom is -0.458 e. The van der Waals surface area contributed by atoms with E-state index in [1.807, 2.05) is 123 Å². The molecule has 0 radical (unpaired) electrons. The molecule has 0 amide bonds. The van der Waals surface area contributed by atoms with Gasteiger partial charge >= 0.3 is 0 Å². The third-order valence-electron chi connectivity index (χ3n) is 10.2. The molecule has 3 nitrogen and oxygen atoms in total. The van der Waals surface area contributed by atoms with E-state index in [-0.39, 0.29) is 105 Å². The molecule has 0 bridgehead atoms. The first-order valence-electron chi connectivity index (χ1n) is 22.9. The van der Waals surface area contributed by atoms with E-state index in [1.165, 1.54) is 4.90 Å². The molecule has 0 saturated heterocycles. The standard InChI is InChI=1S/C48H47BN2O/c1-46(2,3)30-18-22-33(23-19-30)50-41-24-20-31(47(4,5)6)26-37(41)49-38-27-32(48(7,8)9)21-25-43(38)52-44-29-34(28-42(50)45(44)49)51-39-16-12-10-14-35(39)36-15-11-13-17-40(36)51/h10-29H,1-9H3/i18D,19D,20D,21D,22D,23D,24D,25D,26D,27D. The fourth-order valence-corrected chi connectivity index (χ4v) is 7.42. The van der Waals surface area contributed by atoms with Crippen molar-refractivity contribution in [3.05, 3.63) is 138 Å². The Hall–Kier alpha value is -5.22. The number of rotatable bonds is 2. The van der Waals surface area contributed by atoms with Crippen LogP contribution in [-0.2, 0) is 16.2 Å². The van der Waals surface area contributed by atoms with Gasteiger partial charge in [0.05, 0.1) is 30.4 Å². The number of fused-ring (bicyclic) bond motifs is 7. The molecule has 0 N–H and O–H groups in total. The summed E-state index contributed by atoms with van der Waals surface area (Å²) < 4.78 is 105. The van der Waals surface area contributed by atoms with Crippen molar-refractivity contribution in [3.63, 3.8) is 0 Å². The number of para-hydroxylation sites is 2. The summed E-state index contributed by atoms with van der Waals surface area (Å²) in [5, 5.41) is 1.97. The summed E-state index contributed by atoms with van der Waals surface area (Å²) in [4.78, 5) is 1.52. The number of aromatic nitrogens is 1. The zero-order valence-electron chi connectivity index (χ0n) is 41.2. The normalized spacial score (nSPS) is 16.6. The van der Waals surface area contributed by atoms with E-state index in [1.54, 1.807) is 0 Å². The molecular weight excluding hydrogens is 631 g/mol. The summed E-state index contributed by atoms with van der Waals surface area (Å²) in [6.07, 6.45) is 0. The van der Waals surface area contributed by atoms with Crippen LogP contribution in [0, 0.1) is 0 Å². The highest BCUT2D eigenvalue weighted by atomic mass is 16.5. The SMILES string of the molecule is [2H]c1c([2H])c(C(C)(C)C)c([2H])c2c1Oc1cc(-n3c4ccccc4c4ccccc43)cc3c1B2c1c([2H])c(C(C)(C)C)c([2H])c([2H])c1N3c1c([2H])c([2H])c(C(C)(C)C)c([2H])c1[2H]. The average Bonchev–Trinajstić information content (AvgIpc) is 3.51. The lowest BCUT2D eigenvalue weighted by molar-refractivity contribution is 0.486. The fraction of sp³-hybridized carbons (Fsp3) is 0.250. The number of benzene rings is 6. The van der Waals surface area contributed by atoms with Crippen molar-refractivity contribution in [2.24, 2.45) is 0 Å². The molecule has 0 aliphatic carbocycles. The molecule has 0 fully saturated rings. The Morgan fingerprint density at radius 1 is 0.538 bits per heavy atom. The largest absolute Gasteiger partial charge is 0.458 e. The minimum atomic E-state index is -1.03. The number of ether oxygens (including phenoxy) is 1. The Bertz CT molecular complexity index is 3050. The first-order valence-corrected chi connectivity index (χ1v) is 17.9.